The Balaban J connectivity index is 1.95. The summed E-state index contributed by atoms with van der Waals surface area (Å²) in [6.45, 7) is 7.53. The molecule has 0 heterocycles. The third kappa shape index (κ3) is 1.28. The van der Waals surface area contributed by atoms with Crippen LogP contribution < -0.4 is 0 Å². The predicted octanol–water partition coefficient (Wildman–Crippen LogP) is 4.44. The minimum Gasteiger partial charge on any atom is -0.0808 e. The van der Waals surface area contributed by atoms with Crippen molar-refractivity contribution in [2.75, 3.05) is 0 Å². The molecule has 0 N–H and O–H groups in total. The Bertz CT molecular complexity index is 338. The first-order valence-corrected chi connectivity index (χ1v) is 6.98. The Morgan fingerprint density at radius 3 is 2.62 bits per heavy atom. The lowest BCUT2D eigenvalue weighted by molar-refractivity contribution is 0.0292. The van der Waals surface area contributed by atoms with Crippen LogP contribution in [-0.4, -0.2) is 0 Å². The van der Waals surface area contributed by atoms with Crippen molar-refractivity contribution in [2.24, 2.45) is 35.0 Å². The fraction of sp³-hybridized carbons (Fsp3) is 0.750. The van der Waals surface area contributed by atoms with Crippen molar-refractivity contribution in [3.63, 3.8) is 0 Å². The molecule has 0 aromatic carbocycles. The summed E-state index contributed by atoms with van der Waals surface area (Å²) in [7, 11) is 0. The lowest BCUT2D eigenvalue weighted by Crippen LogP contribution is -2.39. The van der Waals surface area contributed by atoms with Crippen LogP contribution in [0, 0.1) is 35.0 Å². The van der Waals surface area contributed by atoms with Gasteiger partial charge in [-0.15, -0.1) is 0 Å². The molecular weight excluding hydrogens is 192 g/mol. The molecule has 6 unspecified atom stereocenters. The van der Waals surface area contributed by atoms with Gasteiger partial charge in [0.2, 0.25) is 0 Å². The van der Waals surface area contributed by atoms with E-state index in [4.69, 9.17) is 0 Å². The lowest BCUT2D eigenvalue weighted by atomic mass is 9.58. The standard InChI is InChI=1S/C16H24/c1-11-8-9-15-14-7-5-4-6-13(14)10-16(15,3)12(11)2/h4-7,11-15H,8-10H2,1-3H3. The minimum atomic E-state index is 0.603. The highest BCUT2D eigenvalue weighted by atomic mass is 14.6. The summed E-state index contributed by atoms with van der Waals surface area (Å²) in [5.41, 5.74) is 0.603. The summed E-state index contributed by atoms with van der Waals surface area (Å²) < 4.78 is 0. The fourth-order valence-corrected chi connectivity index (χ4v) is 4.79. The average molecular weight is 216 g/mol. The Labute approximate surface area is 99.8 Å². The van der Waals surface area contributed by atoms with Crippen LogP contribution in [0.15, 0.2) is 24.3 Å². The van der Waals surface area contributed by atoms with Crippen LogP contribution in [0.2, 0.25) is 0 Å². The van der Waals surface area contributed by atoms with Gasteiger partial charge in [-0.1, -0.05) is 51.5 Å². The van der Waals surface area contributed by atoms with Gasteiger partial charge in [0.25, 0.3) is 0 Å². The van der Waals surface area contributed by atoms with Gasteiger partial charge in [-0.3, -0.25) is 0 Å². The SMILES string of the molecule is CC1CCC2C3C=CC=CC3CC2(C)C1C. The van der Waals surface area contributed by atoms with Gasteiger partial charge in [0, 0.05) is 0 Å². The van der Waals surface area contributed by atoms with Crippen LogP contribution in [0.25, 0.3) is 0 Å². The Morgan fingerprint density at radius 1 is 1.06 bits per heavy atom. The van der Waals surface area contributed by atoms with E-state index in [1.54, 1.807) is 0 Å². The second kappa shape index (κ2) is 3.48. The van der Waals surface area contributed by atoms with Crippen molar-refractivity contribution in [3.05, 3.63) is 24.3 Å². The molecule has 0 spiro atoms. The van der Waals surface area contributed by atoms with Gasteiger partial charge in [0.15, 0.2) is 0 Å². The molecule has 2 fully saturated rings. The van der Waals surface area contributed by atoms with E-state index in [9.17, 15) is 0 Å². The number of allylic oxidation sites excluding steroid dienone is 4. The maximum Gasteiger partial charge on any atom is -0.0133 e. The molecule has 0 aliphatic heterocycles. The topological polar surface area (TPSA) is 0 Å². The molecule has 0 aromatic heterocycles. The Kier molecular flexibility index (Phi) is 2.31. The maximum absolute atomic E-state index is 2.57. The third-order valence-corrected chi connectivity index (χ3v) is 6.11. The second-order valence-electron chi connectivity index (χ2n) is 6.67. The molecule has 88 valence electrons. The zero-order valence-corrected chi connectivity index (χ0v) is 10.8. The van der Waals surface area contributed by atoms with Crippen molar-refractivity contribution >= 4 is 0 Å². The van der Waals surface area contributed by atoms with E-state index in [0.717, 1.165) is 29.6 Å². The predicted molar refractivity (Wildman–Crippen MR) is 69.0 cm³/mol. The molecule has 0 amide bonds. The van der Waals surface area contributed by atoms with Crippen LogP contribution in [0.3, 0.4) is 0 Å². The highest BCUT2D eigenvalue weighted by Gasteiger charge is 2.54. The van der Waals surface area contributed by atoms with E-state index in [1.165, 1.54) is 19.3 Å². The molecule has 16 heavy (non-hydrogen) atoms. The molecule has 0 heteroatoms. The fourth-order valence-electron chi connectivity index (χ4n) is 4.79. The summed E-state index contributed by atoms with van der Waals surface area (Å²) in [4.78, 5) is 0. The highest BCUT2D eigenvalue weighted by molar-refractivity contribution is 5.21. The van der Waals surface area contributed by atoms with Gasteiger partial charge < -0.3 is 0 Å². The molecule has 0 saturated heterocycles. The zero-order valence-electron chi connectivity index (χ0n) is 10.8. The molecule has 3 aliphatic carbocycles. The van der Waals surface area contributed by atoms with E-state index in [-0.39, 0.29) is 0 Å². The quantitative estimate of drug-likeness (QED) is 0.561. The van der Waals surface area contributed by atoms with Crippen LogP contribution >= 0.6 is 0 Å². The normalized spacial score (nSPS) is 54.8. The van der Waals surface area contributed by atoms with E-state index >= 15 is 0 Å². The lowest BCUT2D eigenvalue weighted by Gasteiger charge is -2.46. The van der Waals surface area contributed by atoms with Crippen molar-refractivity contribution < 1.29 is 0 Å². The van der Waals surface area contributed by atoms with E-state index < -0.39 is 0 Å². The van der Waals surface area contributed by atoms with Gasteiger partial charge in [0.05, 0.1) is 0 Å². The smallest absolute Gasteiger partial charge is 0.0133 e. The number of hydrogen-bond acceptors (Lipinski definition) is 0. The minimum absolute atomic E-state index is 0.603. The third-order valence-electron chi connectivity index (χ3n) is 6.11. The monoisotopic (exact) mass is 216 g/mol. The first-order valence-electron chi connectivity index (χ1n) is 6.98. The van der Waals surface area contributed by atoms with Crippen molar-refractivity contribution in [1.29, 1.82) is 0 Å². The van der Waals surface area contributed by atoms with Crippen molar-refractivity contribution in [1.82, 2.24) is 0 Å². The van der Waals surface area contributed by atoms with Gasteiger partial charge in [-0.05, 0) is 47.8 Å². The summed E-state index contributed by atoms with van der Waals surface area (Å²) in [5, 5.41) is 0. The first kappa shape index (κ1) is 10.6. The average Bonchev–Trinajstić information content (AvgIpc) is 2.58. The molecule has 3 aliphatic rings. The van der Waals surface area contributed by atoms with Gasteiger partial charge in [-0.25, -0.2) is 0 Å². The van der Waals surface area contributed by atoms with E-state index in [1.807, 2.05) is 0 Å². The largest absolute Gasteiger partial charge is 0.0808 e. The maximum atomic E-state index is 2.57. The molecule has 2 saturated carbocycles. The van der Waals surface area contributed by atoms with E-state index in [0.29, 0.717) is 5.41 Å². The van der Waals surface area contributed by atoms with Crippen molar-refractivity contribution in [3.8, 4) is 0 Å². The van der Waals surface area contributed by atoms with Crippen LogP contribution in [0.5, 0.6) is 0 Å². The summed E-state index contributed by atoms with van der Waals surface area (Å²) >= 11 is 0. The van der Waals surface area contributed by atoms with Crippen LogP contribution in [0.4, 0.5) is 0 Å². The van der Waals surface area contributed by atoms with Crippen LogP contribution in [-0.2, 0) is 0 Å². The van der Waals surface area contributed by atoms with Gasteiger partial charge >= 0.3 is 0 Å². The molecule has 3 rings (SSSR count). The van der Waals surface area contributed by atoms with Crippen molar-refractivity contribution in [2.45, 2.75) is 40.0 Å². The molecule has 6 atom stereocenters. The molecule has 0 nitrogen and oxygen atoms in total. The van der Waals surface area contributed by atoms with Gasteiger partial charge in [0.1, 0.15) is 0 Å². The number of hydrogen-bond donors (Lipinski definition) is 0. The molecular formula is C16H24. The second-order valence-corrected chi connectivity index (χ2v) is 6.67. The first-order chi connectivity index (χ1) is 7.63. The highest BCUT2D eigenvalue weighted by Crippen LogP contribution is 2.61. The van der Waals surface area contributed by atoms with Gasteiger partial charge in [-0.2, -0.15) is 0 Å². The summed E-state index contributed by atoms with van der Waals surface area (Å²) in [6, 6.07) is 0. The molecule has 0 radical (unpaired) electrons. The Morgan fingerprint density at radius 2 is 1.81 bits per heavy atom. The summed E-state index contributed by atoms with van der Waals surface area (Å²) in [5.74, 6) is 4.47. The molecule has 0 aromatic rings. The van der Waals surface area contributed by atoms with E-state index in [2.05, 4.69) is 45.1 Å². The zero-order chi connectivity index (χ0) is 11.3. The Hall–Kier alpha value is -0.520. The number of fused-ring (bicyclic) bond motifs is 3. The summed E-state index contributed by atoms with van der Waals surface area (Å²) in [6.07, 6.45) is 13.8. The van der Waals surface area contributed by atoms with Crippen LogP contribution in [0.1, 0.15) is 40.0 Å². The molecule has 0 bridgehead atoms. The number of rotatable bonds is 0.